The van der Waals surface area contributed by atoms with Crippen LogP contribution in [0, 0.1) is 0 Å². The first-order valence-electron chi connectivity index (χ1n) is 6.27. The highest BCUT2D eigenvalue weighted by Gasteiger charge is 2.14. The monoisotopic (exact) mass is 345 g/mol. The first kappa shape index (κ1) is 18.1. The number of nitrogens with one attached hydrogen (secondary N) is 2. The summed E-state index contributed by atoms with van der Waals surface area (Å²) in [6.45, 7) is 0.753. The van der Waals surface area contributed by atoms with E-state index in [1.165, 1.54) is 0 Å². The molecule has 22 heavy (non-hydrogen) atoms. The minimum Gasteiger partial charge on any atom is -0.490 e. The van der Waals surface area contributed by atoms with E-state index in [2.05, 4.69) is 15.3 Å². The number of nitrogens with zero attached hydrogens (tertiary/aromatic N) is 1. The van der Waals surface area contributed by atoms with Crippen LogP contribution in [0.3, 0.4) is 0 Å². The van der Waals surface area contributed by atoms with Gasteiger partial charge in [-0.2, -0.15) is 4.99 Å². The predicted molar refractivity (Wildman–Crippen MR) is 90.1 cm³/mol. The topological polar surface area (TPSA) is 119 Å². The van der Waals surface area contributed by atoms with E-state index >= 15 is 0 Å². The average Bonchev–Trinajstić information content (AvgIpc) is 2.92. The zero-order valence-electron chi connectivity index (χ0n) is 11.9. The maximum Gasteiger partial charge on any atom is 0.296 e. The molecule has 0 unspecified atom stereocenters. The van der Waals surface area contributed by atoms with Crippen molar-refractivity contribution < 1.29 is 9.53 Å². The second kappa shape index (κ2) is 7.88. The molecule has 0 saturated carbocycles. The Kier molecular flexibility index (Phi) is 6.48. The summed E-state index contributed by atoms with van der Waals surface area (Å²) in [6, 6.07) is 5.03. The average molecular weight is 346 g/mol. The molecule has 9 heteroatoms. The zero-order valence-corrected chi connectivity index (χ0v) is 13.4. The summed E-state index contributed by atoms with van der Waals surface area (Å²) < 4.78 is 5.52. The predicted octanol–water partition coefficient (Wildman–Crippen LogP) is 1.25. The van der Waals surface area contributed by atoms with E-state index < -0.39 is 5.91 Å². The van der Waals surface area contributed by atoms with Crippen molar-refractivity contribution in [3.05, 3.63) is 28.9 Å². The number of aromatic amines is 1. The first-order valence-corrected chi connectivity index (χ1v) is 6.65. The molecule has 0 saturated heterocycles. The molecule has 0 aliphatic carbocycles. The van der Waals surface area contributed by atoms with Crippen molar-refractivity contribution in [3.63, 3.8) is 0 Å². The Morgan fingerprint density at radius 3 is 2.86 bits per heavy atom. The number of hydrogen-bond acceptors (Lipinski definition) is 3. The number of aliphatic imine (C=N–C) groups is 1. The van der Waals surface area contributed by atoms with Crippen molar-refractivity contribution in [1.29, 1.82) is 0 Å². The lowest BCUT2D eigenvalue weighted by Gasteiger charge is -2.06. The summed E-state index contributed by atoms with van der Waals surface area (Å²) in [5.74, 6) is 0.104. The Labute approximate surface area is 138 Å². The van der Waals surface area contributed by atoms with Crippen LogP contribution >= 0.6 is 24.0 Å². The number of guanidine groups is 1. The van der Waals surface area contributed by atoms with Gasteiger partial charge >= 0.3 is 0 Å². The van der Waals surface area contributed by atoms with Crippen LogP contribution in [0.25, 0.3) is 10.9 Å². The van der Waals surface area contributed by atoms with Gasteiger partial charge in [-0.05, 0) is 18.2 Å². The quantitative estimate of drug-likeness (QED) is 0.491. The molecule has 0 spiro atoms. The number of H-pyrrole nitrogens is 1. The molecule has 1 amide bonds. The zero-order chi connectivity index (χ0) is 15.4. The Balaban J connectivity index is 0.00000242. The van der Waals surface area contributed by atoms with E-state index in [0.29, 0.717) is 34.8 Å². The minimum absolute atomic E-state index is 0. The lowest BCUT2D eigenvalue weighted by atomic mass is 10.2. The number of fused-ring (bicyclic) bond motifs is 1. The molecule has 0 radical (unpaired) electrons. The standard InChI is InChI=1S/C13H16ClN5O2.ClH/c1-17-13(16)19-12(20)9-6-7-8(14)2-3-10(11(7)18-9)21-5-4-15;/h2-3,6,18H,4-5,15H2,1H3,(H3,16,17,19,20);1H. The minimum atomic E-state index is -0.501. The lowest BCUT2D eigenvalue weighted by molar-refractivity contribution is 0.0998. The smallest absolute Gasteiger partial charge is 0.296 e. The number of rotatable bonds is 4. The van der Waals surface area contributed by atoms with Crippen molar-refractivity contribution in [2.24, 2.45) is 16.5 Å². The Morgan fingerprint density at radius 1 is 1.50 bits per heavy atom. The van der Waals surface area contributed by atoms with Gasteiger partial charge in [-0.15, -0.1) is 12.4 Å². The number of halogens is 2. The van der Waals surface area contributed by atoms with E-state index in [-0.39, 0.29) is 24.1 Å². The third-order valence-electron chi connectivity index (χ3n) is 2.79. The molecular formula is C13H17Cl2N5O2. The van der Waals surface area contributed by atoms with Gasteiger partial charge in [0.1, 0.15) is 18.1 Å². The van der Waals surface area contributed by atoms with E-state index in [9.17, 15) is 4.79 Å². The summed E-state index contributed by atoms with van der Waals surface area (Å²) in [5, 5.41) is 3.76. The number of hydrogen-bond donors (Lipinski definition) is 4. The summed E-state index contributed by atoms with van der Waals surface area (Å²) >= 11 is 6.13. The van der Waals surface area contributed by atoms with Gasteiger partial charge in [-0.1, -0.05) is 11.6 Å². The molecule has 0 fully saturated rings. The molecule has 1 heterocycles. The Bertz CT molecular complexity index is 699. The van der Waals surface area contributed by atoms with Crippen LogP contribution in [0.15, 0.2) is 23.2 Å². The number of amides is 1. The fourth-order valence-corrected chi connectivity index (χ4v) is 2.00. The molecule has 120 valence electrons. The van der Waals surface area contributed by atoms with Crippen molar-refractivity contribution in [1.82, 2.24) is 10.3 Å². The number of ether oxygens (including phenoxy) is 1. The third kappa shape index (κ3) is 3.82. The van der Waals surface area contributed by atoms with Crippen molar-refractivity contribution in [2.45, 2.75) is 0 Å². The SMILES string of the molecule is CNC(N)=NC(=O)c1cc2c(Cl)ccc(OCCN)c2[nH]1.Cl. The Hall–Kier alpha value is -1.96. The first-order chi connectivity index (χ1) is 10.1. The van der Waals surface area contributed by atoms with Crippen LogP contribution < -0.4 is 21.5 Å². The molecule has 0 bridgehead atoms. The van der Waals surface area contributed by atoms with Gasteiger partial charge in [0.15, 0.2) is 5.96 Å². The molecule has 6 N–H and O–H groups in total. The third-order valence-corrected chi connectivity index (χ3v) is 3.12. The van der Waals surface area contributed by atoms with E-state index in [0.717, 1.165) is 0 Å². The molecule has 0 aliphatic heterocycles. The maximum atomic E-state index is 12.0. The molecule has 0 atom stereocenters. The Morgan fingerprint density at radius 2 is 2.23 bits per heavy atom. The highest BCUT2D eigenvalue weighted by atomic mass is 35.5. The molecule has 7 nitrogen and oxygen atoms in total. The number of aromatic nitrogens is 1. The molecule has 0 aliphatic rings. The molecule has 2 aromatic rings. The normalized spacial score (nSPS) is 11.1. The van der Waals surface area contributed by atoms with Gasteiger partial charge in [0, 0.05) is 19.0 Å². The largest absolute Gasteiger partial charge is 0.490 e. The van der Waals surface area contributed by atoms with Gasteiger partial charge in [-0.25, -0.2) is 0 Å². The van der Waals surface area contributed by atoms with Gasteiger partial charge in [-0.3, -0.25) is 4.79 Å². The number of carbonyl (C=O) groups is 1. The summed E-state index contributed by atoms with van der Waals surface area (Å²) in [6.07, 6.45) is 0. The summed E-state index contributed by atoms with van der Waals surface area (Å²) in [5.41, 5.74) is 11.8. The van der Waals surface area contributed by atoms with Gasteiger partial charge in [0.25, 0.3) is 5.91 Å². The van der Waals surface area contributed by atoms with Crippen LogP contribution in [-0.4, -0.2) is 37.1 Å². The van der Waals surface area contributed by atoms with E-state index in [4.69, 9.17) is 27.8 Å². The van der Waals surface area contributed by atoms with Crippen LogP contribution in [0.2, 0.25) is 5.02 Å². The van der Waals surface area contributed by atoms with E-state index in [1.807, 2.05) is 0 Å². The molecular weight excluding hydrogens is 329 g/mol. The highest BCUT2D eigenvalue weighted by molar-refractivity contribution is 6.35. The number of carbonyl (C=O) groups excluding carboxylic acids is 1. The molecule has 1 aromatic heterocycles. The van der Waals surface area contributed by atoms with Gasteiger partial charge in [0.2, 0.25) is 0 Å². The van der Waals surface area contributed by atoms with Crippen molar-refractivity contribution in [3.8, 4) is 5.75 Å². The van der Waals surface area contributed by atoms with Crippen LogP contribution in [0.4, 0.5) is 0 Å². The number of nitrogens with two attached hydrogens (primary N) is 2. The fourth-order valence-electron chi connectivity index (χ4n) is 1.79. The number of benzene rings is 1. The van der Waals surface area contributed by atoms with Gasteiger partial charge in [0.05, 0.1) is 10.5 Å². The lowest BCUT2D eigenvalue weighted by Crippen LogP contribution is -2.28. The summed E-state index contributed by atoms with van der Waals surface area (Å²) in [4.78, 5) is 18.6. The fraction of sp³-hybridized carbons (Fsp3) is 0.231. The van der Waals surface area contributed by atoms with Crippen LogP contribution in [-0.2, 0) is 0 Å². The molecule has 2 rings (SSSR count). The maximum absolute atomic E-state index is 12.0. The van der Waals surface area contributed by atoms with Gasteiger partial charge < -0.3 is 26.5 Å². The second-order valence-corrected chi connectivity index (χ2v) is 4.61. The molecule has 1 aromatic carbocycles. The van der Waals surface area contributed by atoms with Crippen molar-refractivity contribution in [2.75, 3.05) is 20.2 Å². The van der Waals surface area contributed by atoms with E-state index in [1.54, 1.807) is 25.2 Å². The second-order valence-electron chi connectivity index (χ2n) is 4.21. The highest BCUT2D eigenvalue weighted by Crippen LogP contribution is 2.32. The van der Waals surface area contributed by atoms with Crippen LogP contribution in [0.5, 0.6) is 5.75 Å². The summed E-state index contributed by atoms with van der Waals surface area (Å²) in [7, 11) is 1.58. The van der Waals surface area contributed by atoms with Crippen LogP contribution in [0.1, 0.15) is 10.5 Å². The van der Waals surface area contributed by atoms with Crippen molar-refractivity contribution >= 4 is 46.8 Å².